The van der Waals surface area contributed by atoms with Crippen LogP contribution in [-0.4, -0.2) is 41.8 Å². The van der Waals surface area contributed by atoms with Crippen molar-refractivity contribution >= 4 is 5.82 Å². The summed E-state index contributed by atoms with van der Waals surface area (Å²) >= 11 is 0. The van der Waals surface area contributed by atoms with Crippen LogP contribution in [0.1, 0.15) is 12.6 Å². The fraction of sp³-hybridized carbons (Fsp3) is 0.400. The molecule has 2 aromatic rings. The van der Waals surface area contributed by atoms with Gasteiger partial charge in [-0.25, -0.2) is 9.97 Å². The topological polar surface area (TPSA) is 51.1 Å². The summed E-state index contributed by atoms with van der Waals surface area (Å²) in [7, 11) is 2.01. The molecule has 0 bridgehead atoms. The highest BCUT2D eigenvalue weighted by atomic mass is 16.5. The molecule has 0 N–H and O–H groups in total. The lowest BCUT2D eigenvalue weighted by atomic mass is 10.2. The molecule has 0 saturated carbocycles. The van der Waals surface area contributed by atoms with Crippen molar-refractivity contribution in [2.24, 2.45) is 0 Å². The summed E-state index contributed by atoms with van der Waals surface area (Å²) in [6.07, 6.45) is 3.52. The van der Waals surface area contributed by atoms with E-state index in [1.165, 1.54) is 0 Å². The van der Waals surface area contributed by atoms with E-state index < -0.39 is 0 Å². The average Bonchev–Trinajstić information content (AvgIpc) is 2.47. The van der Waals surface area contributed by atoms with Crippen molar-refractivity contribution in [1.82, 2.24) is 15.0 Å². The van der Waals surface area contributed by atoms with Gasteiger partial charge in [-0.15, -0.1) is 0 Å². The van der Waals surface area contributed by atoms with Crippen molar-refractivity contribution in [2.75, 3.05) is 31.7 Å². The van der Waals surface area contributed by atoms with Crippen molar-refractivity contribution in [3.05, 3.63) is 36.3 Å². The second-order valence-corrected chi connectivity index (χ2v) is 4.55. The molecule has 0 atom stereocenters. The van der Waals surface area contributed by atoms with E-state index in [0.29, 0.717) is 12.4 Å². The number of anilines is 1. The summed E-state index contributed by atoms with van der Waals surface area (Å²) in [5.41, 5.74) is 1.87. The fourth-order valence-corrected chi connectivity index (χ4v) is 1.83. The second kappa shape index (κ2) is 6.96. The van der Waals surface area contributed by atoms with E-state index in [4.69, 9.17) is 4.74 Å². The van der Waals surface area contributed by atoms with Crippen molar-refractivity contribution < 1.29 is 4.74 Å². The Hall–Kier alpha value is -2.01. The lowest BCUT2D eigenvalue weighted by Gasteiger charge is -2.19. The predicted molar refractivity (Wildman–Crippen MR) is 79.8 cm³/mol. The molecule has 0 unspecified atom stereocenters. The van der Waals surface area contributed by atoms with Crippen LogP contribution in [0, 0.1) is 6.92 Å². The van der Waals surface area contributed by atoms with Crippen molar-refractivity contribution in [3.8, 4) is 11.4 Å². The molecular weight excluding hydrogens is 252 g/mol. The summed E-state index contributed by atoms with van der Waals surface area (Å²) in [5, 5.41) is 0. The molecule has 0 aliphatic carbocycles. The molecule has 0 aliphatic heterocycles. The van der Waals surface area contributed by atoms with Crippen molar-refractivity contribution in [3.63, 3.8) is 0 Å². The van der Waals surface area contributed by atoms with Crippen LogP contribution in [0.2, 0.25) is 0 Å². The van der Waals surface area contributed by atoms with E-state index in [0.717, 1.165) is 30.2 Å². The Morgan fingerprint density at radius 1 is 1.30 bits per heavy atom. The van der Waals surface area contributed by atoms with Crippen LogP contribution in [0.4, 0.5) is 5.82 Å². The molecule has 5 heteroatoms. The number of rotatable bonds is 6. The van der Waals surface area contributed by atoms with Gasteiger partial charge >= 0.3 is 0 Å². The maximum atomic E-state index is 5.38. The van der Waals surface area contributed by atoms with E-state index in [-0.39, 0.29) is 0 Å². The maximum Gasteiger partial charge on any atom is 0.163 e. The minimum atomic E-state index is 0.693. The Labute approximate surface area is 119 Å². The predicted octanol–water partition coefficient (Wildman–Crippen LogP) is 2.32. The number of aromatic nitrogens is 3. The Bertz CT molecular complexity index is 545. The minimum Gasteiger partial charge on any atom is -0.380 e. The molecule has 20 heavy (non-hydrogen) atoms. The van der Waals surface area contributed by atoms with Gasteiger partial charge < -0.3 is 9.64 Å². The van der Waals surface area contributed by atoms with Gasteiger partial charge in [-0.3, -0.25) is 4.98 Å². The van der Waals surface area contributed by atoms with Gasteiger partial charge in [-0.1, -0.05) is 0 Å². The zero-order valence-corrected chi connectivity index (χ0v) is 12.2. The fourth-order valence-electron chi connectivity index (χ4n) is 1.83. The van der Waals surface area contributed by atoms with E-state index in [1.807, 2.05) is 39.1 Å². The number of ether oxygens (including phenoxy) is 1. The third-order valence-electron chi connectivity index (χ3n) is 2.93. The molecule has 0 aliphatic rings. The maximum absolute atomic E-state index is 5.38. The molecule has 0 spiro atoms. The molecular formula is C15H20N4O. The molecule has 0 aromatic carbocycles. The van der Waals surface area contributed by atoms with Crippen LogP contribution in [0.3, 0.4) is 0 Å². The number of hydrogen-bond donors (Lipinski definition) is 0. The lowest BCUT2D eigenvalue weighted by molar-refractivity contribution is 0.154. The van der Waals surface area contributed by atoms with E-state index in [9.17, 15) is 0 Å². The molecule has 2 rings (SSSR count). The third kappa shape index (κ3) is 3.74. The summed E-state index contributed by atoms with van der Waals surface area (Å²) in [6, 6.07) is 5.83. The van der Waals surface area contributed by atoms with Crippen LogP contribution >= 0.6 is 0 Å². The zero-order chi connectivity index (χ0) is 14.4. The summed E-state index contributed by atoms with van der Waals surface area (Å²) in [5.74, 6) is 1.60. The number of nitrogens with zero attached hydrogens (tertiary/aromatic N) is 4. The first-order chi connectivity index (χ1) is 9.70. The summed E-state index contributed by atoms with van der Waals surface area (Å²) < 4.78 is 5.38. The SMILES string of the molecule is CCOCCN(C)c1cc(C)nc(-c2cccnc2)n1. The van der Waals surface area contributed by atoms with Crippen molar-refractivity contribution in [1.29, 1.82) is 0 Å². The smallest absolute Gasteiger partial charge is 0.163 e. The highest BCUT2D eigenvalue weighted by Crippen LogP contribution is 2.18. The van der Waals surface area contributed by atoms with Gasteiger partial charge in [-0.2, -0.15) is 0 Å². The van der Waals surface area contributed by atoms with Crippen LogP contribution < -0.4 is 4.90 Å². The van der Waals surface area contributed by atoms with E-state index >= 15 is 0 Å². The first kappa shape index (κ1) is 14.4. The molecule has 0 fully saturated rings. The molecule has 2 aromatic heterocycles. The Kier molecular flexibility index (Phi) is 5.01. The van der Waals surface area contributed by atoms with Crippen molar-refractivity contribution in [2.45, 2.75) is 13.8 Å². The first-order valence-corrected chi connectivity index (χ1v) is 6.75. The van der Waals surface area contributed by atoms with Gasteiger partial charge in [0.05, 0.1) is 6.61 Å². The van der Waals surface area contributed by atoms with Crippen LogP contribution in [0.15, 0.2) is 30.6 Å². The molecule has 5 nitrogen and oxygen atoms in total. The van der Waals surface area contributed by atoms with Crippen LogP contribution in [0.5, 0.6) is 0 Å². The van der Waals surface area contributed by atoms with Gasteiger partial charge in [-0.05, 0) is 26.0 Å². The number of likely N-dealkylation sites (N-methyl/N-ethyl adjacent to an activating group) is 1. The van der Waals surface area contributed by atoms with Crippen LogP contribution in [-0.2, 0) is 4.74 Å². The Morgan fingerprint density at radius 3 is 2.85 bits per heavy atom. The van der Waals surface area contributed by atoms with Gasteiger partial charge in [0, 0.05) is 49.9 Å². The van der Waals surface area contributed by atoms with Gasteiger partial charge in [0.1, 0.15) is 5.82 Å². The highest BCUT2D eigenvalue weighted by Gasteiger charge is 2.08. The molecule has 2 heterocycles. The van der Waals surface area contributed by atoms with Gasteiger partial charge in [0.25, 0.3) is 0 Å². The molecule has 0 amide bonds. The first-order valence-electron chi connectivity index (χ1n) is 6.75. The lowest BCUT2D eigenvalue weighted by Crippen LogP contribution is -2.24. The highest BCUT2D eigenvalue weighted by molar-refractivity contribution is 5.56. The Morgan fingerprint density at radius 2 is 2.15 bits per heavy atom. The molecule has 0 radical (unpaired) electrons. The van der Waals surface area contributed by atoms with Gasteiger partial charge in [0.15, 0.2) is 5.82 Å². The summed E-state index contributed by atoms with van der Waals surface area (Å²) in [4.78, 5) is 15.3. The number of hydrogen-bond acceptors (Lipinski definition) is 5. The van der Waals surface area contributed by atoms with E-state index in [1.54, 1.807) is 12.4 Å². The third-order valence-corrected chi connectivity index (χ3v) is 2.93. The largest absolute Gasteiger partial charge is 0.380 e. The summed E-state index contributed by atoms with van der Waals surface area (Å²) in [6.45, 7) is 6.20. The molecule has 106 valence electrons. The second-order valence-electron chi connectivity index (χ2n) is 4.55. The standard InChI is InChI=1S/C15H20N4O/c1-4-20-9-8-19(3)14-10-12(2)17-15(18-14)13-6-5-7-16-11-13/h5-7,10-11H,4,8-9H2,1-3H3. The van der Waals surface area contributed by atoms with Crippen LogP contribution in [0.25, 0.3) is 11.4 Å². The monoisotopic (exact) mass is 272 g/mol. The normalized spacial score (nSPS) is 10.6. The Balaban J connectivity index is 2.20. The number of pyridine rings is 1. The zero-order valence-electron chi connectivity index (χ0n) is 12.2. The van der Waals surface area contributed by atoms with E-state index in [2.05, 4.69) is 19.9 Å². The molecule has 0 saturated heterocycles. The number of aryl methyl sites for hydroxylation is 1. The minimum absolute atomic E-state index is 0.693. The average molecular weight is 272 g/mol. The quantitative estimate of drug-likeness (QED) is 0.755. The van der Waals surface area contributed by atoms with Gasteiger partial charge in [0.2, 0.25) is 0 Å².